The predicted molar refractivity (Wildman–Crippen MR) is 203 cm³/mol. The van der Waals surface area contributed by atoms with Crippen molar-refractivity contribution in [2.45, 2.75) is 104 Å². The highest BCUT2D eigenvalue weighted by atomic mass is 28.4. The maximum atomic E-state index is 14.2. The van der Waals surface area contributed by atoms with E-state index >= 15 is 0 Å². The van der Waals surface area contributed by atoms with Gasteiger partial charge in [0.15, 0.2) is 37.6 Å². The smallest absolute Gasteiger partial charge is 0.416 e. The van der Waals surface area contributed by atoms with Crippen molar-refractivity contribution in [3.63, 3.8) is 0 Å². The number of carbonyl (C=O) groups excluding carboxylic acids is 4. The summed E-state index contributed by atoms with van der Waals surface area (Å²) in [7, 11) is -1.15. The number of carbonyl (C=O) groups is 4. The molecular weight excluding hydrogens is 683 g/mol. The largest absolute Gasteiger partial charge is 0.504 e. The number of phenols is 1. The average Bonchev–Trinajstić information content (AvgIpc) is 3.45. The molecule has 0 aliphatic carbocycles. The molecule has 0 aromatic heterocycles. The Bertz CT molecular complexity index is 1690. The van der Waals surface area contributed by atoms with Crippen LogP contribution in [0.1, 0.15) is 70.8 Å². The quantitative estimate of drug-likeness (QED) is 0.180. The number of hydrogen-bond donors (Lipinski definition) is 4. The summed E-state index contributed by atoms with van der Waals surface area (Å²) in [5.41, 5.74) is 8.58. The van der Waals surface area contributed by atoms with E-state index in [0.29, 0.717) is 17.7 Å². The molecule has 0 spiro atoms. The number of methoxy groups -OCH3 is 1. The highest BCUT2D eigenvalue weighted by molar-refractivity contribution is 6.74. The molecule has 0 fully saturated rings. The Morgan fingerprint density at radius 2 is 1.71 bits per heavy atom. The third-order valence-corrected chi connectivity index (χ3v) is 14.7. The molecule has 284 valence electrons. The number of ether oxygens (including phenoxy) is 2. The predicted octanol–water partition coefficient (Wildman–Crippen LogP) is 5.54. The number of nitrogens with one attached hydrogen (secondary N) is 2. The van der Waals surface area contributed by atoms with E-state index in [1.54, 1.807) is 42.3 Å². The van der Waals surface area contributed by atoms with Gasteiger partial charge < -0.3 is 40.3 Å². The summed E-state index contributed by atoms with van der Waals surface area (Å²) in [6, 6.07) is 8.25. The lowest BCUT2D eigenvalue weighted by atomic mass is 10.0. The van der Waals surface area contributed by atoms with Gasteiger partial charge in [-0.3, -0.25) is 14.4 Å². The molecule has 2 aliphatic rings. The van der Waals surface area contributed by atoms with Gasteiger partial charge in [0.1, 0.15) is 6.61 Å². The Balaban J connectivity index is 1.52. The van der Waals surface area contributed by atoms with Crippen LogP contribution in [0.5, 0.6) is 11.5 Å². The van der Waals surface area contributed by atoms with E-state index in [4.69, 9.17) is 19.6 Å². The molecule has 2 aliphatic heterocycles. The summed E-state index contributed by atoms with van der Waals surface area (Å²) < 4.78 is 18.2. The van der Waals surface area contributed by atoms with Crippen LogP contribution in [0.2, 0.25) is 18.1 Å². The number of fused-ring (bicyclic) bond motifs is 2. The Morgan fingerprint density at radius 3 is 2.31 bits per heavy atom. The second-order valence-electron chi connectivity index (χ2n) is 15.5. The molecule has 2 aromatic carbocycles. The summed E-state index contributed by atoms with van der Waals surface area (Å²) in [6.45, 7) is 17.8. The first kappa shape index (κ1) is 40.5. The van der Waals surface area contributed by atoms with Crippen LogP contribution in [0.4, 0.5) is 16.2 Å². The van der Waals surface area contributed by atoms with E-state index in [1.165, 1.54) is 24.1 Å². The molecule has 14 heteroatoms. The molecule has 0 radical (unpaired) electrons. The van der Waals surface area contributed by atoms with Gasteiger partial charge in [-0.15, -0.1) is 0 Å². The van der Waals surface area contributed by atoms with E-state index in [2.05, 4.69) is 44.5 Å². The van der Waals surface area contributed by atoms with Crippen molar-refractivity contribution in [3.05, 3.63) is 59.3 Å². The normalized spacial score (nSPS) is 18.6. The second-order valence-corrected chi connectivity index (χ2v) is 20.3. The molecule has 0 saturated heterocycles. The van der Waals surface area contributed by atoms with Crippen LogP contribution in [0.3, 0.4) is 0 Å². The molecule has 0 unspecified atom stereocenters. The van der Waals surface area contributed by atoms with Crippen LogP contribution in [-0.4, -0.2) is 86.4 Å². The standard InChI is InChI=1S/C38H55N5O8Si/c1-22(2)34(39)32(46)19-40-24(4)31(45)18-41-26-13-11-25(12-14-26)21-50-37(48)43-28-17-30(44)33(49-8)16-27(28)35(47)42-20-23(3)15-29(42)36(43)51-52(9,10)38(5,6)7/h11-14,16-17,20,22,24,29,34,36,40-41,44H,15,18-19,21,39H2,1-10H3/t24-,29-,34-,36-/m0/s1. The zero-order chi connectivity index (χ0) is 38.7. The first-order valence-electron chi connectivity index (χ1n) is 17.7. The summed E-state index contributed by atoms with van der Waals surface area (Å²) >= 11 is 0. The Morgan fingerprint density at radius 1 is 1.06 bits per heavy atom. The molecule has 2 amide bonds. The topological polar surface area (TPSA) is 173 Å². The summed E-state index contributed by atoms with van der Waals surface area (Å²) in [6.07, 6.45) is 0.627. The maximum absolute atomic E-state index is 14.2. The number of aromatic hydroxyl groups is 1. The first-order valence-corrected chi connectivity index (χ1v) is 20.6. The van der Waals surface area contributed by atoms with Gasteiger partial charge >= 0.3 is 6.09 Å². The Labute approximate surface area is 308 Å². The minimum absolute atomic E-state index is 0.0160. The first-order chi connectivity index (χ1) is 24.2. The third-order valence-electron chi connectivity index (χ3n) is 10.2. The van der Waals surface area contributed by atoms with E-state index in [1.807, 2.05) is 20.8 Å². The van der Waals surface area contributed by atoms with E-state index in [9.17, 15) is 24.3 Å². The number of phenolic OH excluding ortho intramolecular Hbond substituents is 1. The molecular formula is C38H55N5O8Si. The lowest BCUT2D eigenvalue weighted by Gasteiger charge is -2.44. The highest BCUT2D eigenvalue weighted by Gasteiger charge is 2.50. The van der Waals surface area contributed by atoms with Crippen LogP contribution < -0.4 is 26.0 Å². The fourth-order valence-corrected chi connectivity index (χ4v) is 6.97. The molecule has 4 rings (SSSR count). The van der Waals surface area contributed by atoms with Gasteiger partial charge in [0, 0.05) is 18.0 Å². The number of anilines is 2. The number of hydrogen-bond acceptors (Lipinski definition) is 11. The van der Waals surface area contributed by atoms with E-state index in [0.717, 1.165) is 5.57 Å². The highest BCUT2D eigenvalue weighted by Crippen LogP contribution is 2.45. The van der Waals surface area contributed by atoms with Crippen LogP contribution in [0.25, 0.3) is 0 Å². The van der Waals surface area contributed by atoms with Gasteiger partial charge in [-0.25, -0.2) is 9.69 Å². The molecule has 13 nitrogen and oxygen atoms in total. The number of benzene rings is 2. The van der Waals surface area contributed by atoms with Crippen molar-refractivity contribution < 1.29 is 38.2 Å². The lowest BCUT2D eigenvalue weighted by molar-refractivity contribution is -0.121. The van der Waals surface area contributed by atoms with Crippen LogP contribution in [0, 0.1) is 5.92 Å². The Hall–Kier alpha value is -4.24. The summed E-state index contributed by atoms with van der Waals surface area (Å²) in [5.74, 6) is -0.723. The monoisotopic (exact) mass is 737 g/mol. The molecule has 0 saturated carbocycles. The van der Waals surface area contributed by atoms with Crippen LogP contribution in [0.15, 0.2) is 48.2 Å². The van der Waals surface area contributed by atoms with Crippen molar-refractivity contribution in [3.8, 4) is 11.5 Å². The zero-order valence-corrected chi connectivity index (χ0v) is 33.0. The van der Waals surface area contributed by atoms with E-state index < -0.39 is 38.8 Å². The van der Waals surface area contributed by atoms with Crippen molar-refractivity contribution in [1.82, 2.24) is 10.2 Å². The molecule has 2 aromatic rings. The zero-order valence-electron chi connectivity index (χ0n) is 32.0. The molecule has 4 atom stereocenters. The Kier molecular flexibility index (Phi) is 12.6. The maximum Gasteiger partial charge on any atom is 0.416 e. The van der Waals surface area contributed by atoms with Gasteiger partial charge in [0.05, 0.1) is 49.6 Å². The number of rotatable bonds is 14. The minimum atomic E-state index is -2.55. The molecule has 0 bridgehead atoms. The fourth-order valence-electron chi connectivity index (χ4n) is 5.75. The molecule has 52 heavy (non-hydrogen) atoms. The fraction of sp³-hybridized carbons (Fsp3) is 0.526. The number of Topliss-reactive ketones (excluding diaryl/α,β-unsaturated/α-hetero) is 2. The lowest BCUT2D eigenvalue weighted by Crippen LogP contribution is -2.57. The third kappa shape index (κ3) is 9.03. The molecule has 5 N–H and O–H groups in total. The van der Waals surface area contributed by atoms with Gasteiger partial charge in [0.2, 0.25) is 0 Å². The van der Waals surface area contributed by atoms with Crippen LogP contribution in [-0.2, 0) is 25.4 Å². The second kappa shape index (κ2) is 16.2. The van der Waals surface area contributed by atoms with Crippen molar-refractivity contribution in [2.24, 2.45) is 11.7 Å². The van der Waals surface area contributed by atoms with Crippen molar-refractivity contribution in [1.29, 1.82) is 0 Å². The van der Waals surface area contributed by atoms with Crippen molar-refractivity contribution in [2.75, 3.05) is 30.4 Å². The number of ketones is 2. The number of nitrogens with zero attached hydrogens (tertiary/aromatic N) is 2. The van der Waals surface area contributed by atoms with Crippen molar-refractivity contribution >= 4 is 43.3 Å². The van der Waals surface area contributed by atoms with E-state index in [-0.39, 0.29) is 70.9 Å². The molecule has 2 heterocycles. The minimum Gasteiger partial charge on any atom is -0.504 e. The average molecular weight is 738 g/mol. The van der Waals surface area contributed by atoms with Gasteiger partial charge in [-0.1, -0.05) is 52.3 Å². The van der Waals surface area contributed by atoms with Gasteiger partial charge in [-0.2, -0.15) is 0 Å². The summed E-state index contributed by atoms with van der Waals surface area (Å²) in [4.78, 5) is 56.2. The van der Waals surface area contributed by atoms with Gasteiger partial charge in [0.25, 0.3) is 5.91 Å². The number of amides is 2. The van der Waals surface area contributed by atoms with Gasteiger partial charge in [-0.05, 0) is 68.1 Å². The van der Waals surface area contributed by atoms with Crippen LogP contribution >= 0.6 is 0 Å². The SMILES string of the molecule is COc1cc2c(cc1O)N(C(=O)OCc1ccc(NCC(=O)[C@H](C)NCC(=O)[C@@H](N)C(C)C)cc1)[C@@H](O[Si](C)(C)C(C)(C)C)[C@@H]1CC(C)=CN1C2=O. The number of nitrogens with two attached hydrogens (primary N) is 1. The summed E-state index contributed by atoms with van der Waals surface area (Å²) in [5, 5.41) is 16.7.